The van der Waals surface area contributed by atoms with Gasteiger partial charge < -0.3 is 9.53 Å². The van der Waals surface area contributed by atoms with E-state index >= 15 is 0 Å². The molecule has 0 amide bonds. The molecule has 0 aliphatic heterocycles. The average Bonchev–Trinajstić information content (AvgIpc) is 2.50. The Morgan fingerprint density at radius 2 is 1.68 bits per heavy atom. The van der Waals surface area contributed by atoms with Gasteiger partial charge >= 0.3 is 0 Å². The second-order valence-corrected chi connectivity index (χ2v) is 7.80. The number of hydrogen-bond donors (Lipinski definition) is 0. The van der Waals surface area contributed by atoms with E-state index in [4.69, 9.17) is 4.74 Å². The Bertz CT molecular complexity index is 737. The molecule has 1 atom stereocenters. The van der Waals surface area contributed by atoms with Crippen molar-refractivity contribution < 1.29 is 17.9 Å². The molecule has 0 aliphatic carbocycles. The molecule has 0 fully saturated rings. The van der Waals surface area contributed by atoms with Gasteiger partial charge in [-0.3, -0.25) is 0 Å². The predicted octanol–water partition coefficient (Wildman–Crippen LogP) is 3.31. The van der Waals surface area contributed by atoms with Crippen molar-refractivity contribution in [2.45, 2.75) is 11.0 Å². The number of carbonyl (C=O) groups excluding carboxylic acids is 1. The van der Waals surface area contributed by atoms with Gasteiger partial charge in [-0.2, -0.15) is 0 Å². The van der Waals surface area contributed by atoms with Gasteiger partial charge in [0, 0.05) is 4.47 Å². The van der Waals surface area contributed by atoms with Gasteiger partial charge in [0.05, 0.1) is 12.9 Å². The summed E-state index contributed by atoms with van der Waals surface area (Å²) in [5.41, 5.74) is 1.08. The van der Waals surface area contributed by atoms with Crippen LogP contribution in [-0.4, -0.2) is 21.8 Å². The Balaban J connectivity index is 2.26. The van der Waals surface area contributed by atoms with Crippen LogP contribution in [0.25, 0.3) is 0 Å². The number of methoxy groups -OCH3 is 1. The van der Waals surface area contributed by atoms with Gasteiger partial charge in [0.1, 0.15) is 17.3 Å². The smallest absolute Gasteiger partial charge is 0.168 e. The van der Waals surface area contributed by atoms with Crippen LogP contribution in [0.15, 0.2) is 53.0 Å². The van der Waals surface area contributed by atoms with Crippen molar-refractivity contribution in [3.8, 4) is 5.75 Å². The Labute approximate surface area is 138 Å². The first kappa shape index (κ1) is 16.7. The third-order valence-corrected chi connectivity index (χ3v) is 5.66. The maximum atomic E-state index is 12.5. The summed E-state index contributed by atoms with van der Waals surface area (Å²) in [5.74, 6) is 0.456. The Morgan fingerprint density at radius 1 is 1.09 bits per heavy atom. The minimum atomic E-state index is -3.64. The van der Waals surface area contributed by atoms with Crippen molar-refractivity contribution in [2.75, 3.05) is 7.11 Å². The van der Waals surface area contributed by atoms with E-state index in [1.807, 2.05) is 0 Å². The van der Waals surface area contributed by atoms with Crippen molar-refractivity contribution in [3.63, 3.8) is 0 Å². The van der Waals surface area contributed by atoms with Crippen LogP contribution in [0.2, 0.25) is 0 Å². The zero-order valence-corrected chi connectivity index (χ0v) is 14.3. The van der Waals surface area contributed by atoms with E-state index in [1.165, 1.54) is 0 Å². The van der Waals surface area contributed by atoms with Crippen LogP contribution in [0, 0.1) is 0 Å². The molecule has 2 rings (SSSR count). The highest BCUT2D eigenvalue weighted by atomic mass is 79.9. The third-order valence-electron chi connectivity index (χ3n) is 3.24. The lowest BCUT2D eigenvalue weighted by Gasteiger charge is -2.13. The fraction of sp³-hybridized carbons (Fsp3) is 0.188. The molecule has 0 aliphatic rings. The summed E-state index contributed by atoms with van der Waals surface area (Å²) in [4.78, 5) is 11.3. The number of hydrogen-bond acceptors (Lipinski definition) is 4. The summed E-state index contributed by atoms with van der Waals surface area (Å²) in [6.45, 7) is 0. The number of benzene rings is 2. The normalized spacial score (nSPS) is 12.6. The highest BCUT2D eigenvalue weighted by Crippen LogP contribution is 2.26. The predicted molar refractivity (Wildman–Crippen MR) is 88.6 cm³/mol. The number of aldehydes is 1. The molecule has 2 aromatic carbocycles. The number of carbonyl (C=O) groups is 1. The molecule has 22 heavy (non-hydrogen) atoms. The van der Waals surface area contributed by atoms with Crippen molar-refractivity contribution in [2.24, 2.45) is 0 Å². The minimum Gasteiger partial charge on any atom is -0.497 e. The molecule has 0 bridgehead atoms. The van der Waals surface area contributed by atoms with E-state index < -0.39 is 15.1 Å². The van der Waals surface area contributed by atoms with E-state index in [9.17, 15) is 13.2 Å². The van der Waals surface area contributed by atoms with Gasteiger partial charge in [0.25, 0.3) is 0 Å². The lowest BCUT2D eigenvalue weighted by atomic mass is 10.2. The van der Waals surface area contributed by atoms with Crippen molar-refractivity contribution >= 4 is 32.1 Å². The van der Waals surface area contributed by atoms with Gasteiger partial charge in [0.15, 0.2) is 9.84 Å². The highest BCUT2D eigenvalue weighted by molar-refractivity contribution is 9.10. The second-order valence-electron chi connectivity index (χ2n) is 4.76. The van der Waals surface area contributed by atoms with Crippen molar-refractivity contribution in [1.29, 1.82) is 0 Å². The third kappa shape index (κ3) is 3.96. The Kier molecular flexibility index (Phi) is 5.37. The van der Waals surface area contributed by atoms with Gasteiger partial charge in [-0.25, -0.2) is 8.42 Å². The number of sulfone groups is 1. The number of halogens is 1. The van der Waals surface area contributed by atoms with Crippen LogP contribution in [0.3, 0.4) is 0 Å². The summed E-state index contributed by atoms with van der Waals surface area (Å²) in [5, 5.41) is -1.16. The summed E-state index contributed by atoms with van der Waals surface area (Å²) in [6.07, 6.45) is 0.474. The largest absolute Gasteiger partial charge is 0.497 e. The fourth-order valence-corrected chi connectivity index (χ4v) is 3.91. The van der Waals surface area contributed by atoms with Crippen LogP contribution < -0.4 is 4.74 Å². The molecule has 0 spiro atoms. The molecule has 0 heterocycles. The highest BCUT2D eigenvalue weighted by Gasteiger charge is 2.27. The summed E-state index contributed by atoms with van der Waals surface area (Å²) >= 11 is 3.28. The topological polar surface area (TPSA) is 60.4 Å². The van der Waals surface area contributed by atoms with E-state index in [1.54, 1.807) is 55.6 Å². The molecule has 0 aromatic heterocycles. The van der Waals surface area contributed by atoms with Crippen molar-refractivity contribution in [3.05, 3.63) is 64.1 Å². The van der Waals surface area contributed by atoms with E-state index in [0.29, 0.717) is 23.2 Å². The molecular formula is C16H15BrO4S. The van der Waals surface area contributed by atoms with Crippen LogP contribution in [0.5, 0.6) is 5.75 Å². The maximum Gasteiger partial charge on any atom is 0.168 e. The average molecular weight is 383 g/mol. The van der Waals surface area contributed by atoms with Gasteiger partial charge in [0.2, 0.25) is 0 Å². The first-order valence-corrected chi connectivity index (χ1v) is 9.02. The second kappa shape index (κ2) is 7.07. The summed E-state index contributed by atoms with van der Waals surface area (Å²) < 4.78 is 30.9. The molecule has 4 nitrogen and oxygen atoms in total. The van der Waals surface area contributed by atoms with Crippen molar-refractivity contribution in [1.82, 2.24) is 0 Å². The molecule has 1 unspecified atom stereocenters. The number of ether oxygens (including phenoxy) is 1. The molecule has 0 saturated carbocycles. The molecule has 0 N–H and O–H groups in total. The quantitative estimate of drug-likeness (QED) is 0.719. The molecule has 6 heteroatoms. The SMILES string of the molecule is COc1ccc(CS(=O)(=O)C(C=O)c2ccc(Br)cc2)cc1. The monoisotopic (exact) mass is 382 g/mol. The van der Waals surface area contributed by atoms with Crippen LogP contribution >= 0.6 is 15.9 Å². The molecular weight excluding hydrogens is 368 g/mol. The first-order chi connectivity index (χ1) is 10.5. The Hall–Kier alpha value is -1.66. The fourth-order valence-electron chi connectivity index (χ4n) is 2.07. The standard InChI is InChI=1S/C16H15BrO4S/c1-21-15-8-2-12(3-9-15)11-22(19,20)16(10-18)13-4-6-14(17)7-5-13/h2-10,16H,11H2,1H3. The zero-order chi connectivity index (χ0) is 16.2. The van der Waals surface area contributed by atoms with Gasteiger partial charge in [-0.05, 0) is 35.4 Å². The summed E-state index contributed by atoms with van der Waals surface area (Å²) in [6, 6.07) is 13.5. The number of rotatable bonds is 6. The molecule has 0 saturated heterocycles. The van der Waals surface area contributed by atoms with Crippen LogP contribution in [0.1, 0.15) is 16.4 Å². The van der Waals surface area contributed by atoms with Gasteiger partial charge in [-0.15, -0.1) is 0 Å². The van der Waals surface area contributed by atoms with E-state index in [0.717, 1.165) is 4.47 Å². The first-order valence-electron chi connectivity index (χ1n) is 6.51. The summed E-state index contributed by atoms with van der Waals surface area (Å²) in [7, 11) is -2.09. The van der Waals surface area contributed by atoms with Gasteiger partial charge in [-0.1, -0.05) is 40.2 Å². The van der Waals surface area contributed by atoms with Crippen LogP contribution in [-0.2, 0) is 20.4 Å². The minimum absolute atomic E-state index is 0.198. The Morgan fingerprint density at radius 3 is 2.18 bits per heavy atom. The maximum absolute atomic E-state index is 12.5. The molecule has 0 radical (unpaired) electrons. The van der Waals surface area contributed by atoms with E-state index in [2.05, 4.69) is 15.9 Å². The lowest BCUT2D eigenvalue weighted by molar-refractivity contribution is -0.107. The zero-order valence-electron chi connectivity index (χ0n) is 11.9. The van der Waals surface area contributed by atoms with Crippen LogP contribution in [0.4, 0.5) is 0 Å². The molecule has 2 aromatic rings. The lowest BCUT2D eigenvalue weighted by Crippen LogP contribution is -2.16. The molecule has 116 valence electrons. The van der Waals surface area contributed by atoms with E-state index in [-0.39, 0.29) is 5.75 Å².